The van der Waals surface area contributed by atoms with E-state index in [4.69, 9.17) is 9.88 Å². The number of carbonyl (C=O) groups excluding carboxylic acids is 1. The molecular formula is C18H12F5NO4S. The van der Waals surface area contributed by atoms with Gasteiger partial charge in [-0.05, 0) is 41.8 Å². The molecule has 2 aromatic carbocycles. The van der Waals surface area contributed by atoms with E-state index in [1.165, 1.54) is 6.92 Å². The number of nitrogens with two attached hydrogens (primary N) is 1. The quantitative estimate of drug-likeness (QED) is 0.594. The number of halogens is 5. The standard InChI is InChI=1S/C18H12F5NO4S/c1-8-4-9(2-3-12(8)18(21,22)23)15-11(7-28-17(15)25)10-5-13(19)16(14(20)6-10)29(24,26)27/h2-6H,7H2,1H3,(H2,24,26,27). The number of rotatable bonds is 3. The smallest absolute Gasteiger partial charge is 0.416 e. The first kappa shape index (κ1) is 20.9. The molecule has 29 heavy (non-hydrogen) atoms. The molecule has 1 heterocycles. The maximum absolute atomic E-state index is 14.2. The van der Waals surface area contributed by atoms with Gasteiger partial charge in [-0.2, -0.15) is 13.2 Å². The molecule has 0 saturated heterocycles. The summed E-state index contributed by atoms with van der Waals surface area (Å²) in [6.45, 7) is 0.801. The van der Waals surface area contributed by atoms with Gasteiger partial charge in [0.05, 0.1) is 11.1 Å². The Balaban J connectivity index is 2.19. The summed E-state index contributed by atoms with van der Waals surface area (Å²) >= 11 is 0. The molecule has 11 heteroatoms. The van der Waals surface area contributed by atoms with Crippen molar-refractivity contribution >= 4 is 27.1 Å². The summed E-state index contributed by atoms with van der Waals surface area (Å²) in [5, 5.41) is 4.78. The van der Waals surface area contributed by atoms with Gasteiger partial charge >= 0.3 is 12.1 Å². The van der Waals surface area contributed by atoms with E-state index in [-0.39, 0.29) is 27.8 Å². The minimum Gasteiger partial charge on any atom is -0.457 e. The number of cyclic esters (lactones) is 1. The van der Waals surface area contributed by atoms with Gasteiger partial charge in [0, 0.05) is 5.57 Å². The Morgan fingerprint density at radius 3 is 2.10 bits per heavy atom. The fourth-order valence-corrected chi connectivity index (χ4v) is 3.73. The van der Waals surface area contributed by atoms with Gasteiger partial charge in [0.15, 0.2) is 4.90 Å². The highest BCUT2D eigenvalue weighted by Gasteiger charge is 2.34. The van der Waals surface area contributed by atoms with Crippen molar-refractivity contribution in [1.29, 1.82) is 0 Å². The number of sulfonamides is 1. The van der Waals surface area contributed by atoms with Crippen LogP contribution >= 0.6 is 0 Å². The van der Waals surface area contributed by atoms with Crippen LogP contribution < -0.4 is 5.14 Å². The third-order valence-electron chi connectivity index (χ3n) is 4.31. The lowest BCUT2D eigenvalue weighted by Crippen LogP contribution is -2.16. The van der Waals surface area contributed by atoms with Crippen LogP contribution in [0.3, 0.4) is 0 Å². The molecule has 3 rings (SSSR count). The van der Waals surface area contributed by atoms with Crippen molar-refractivity contribution in [2.24, 2.45) is 5.14 Å². The summed E-state index contributed by atoms with van der Waals surface area (Å²) in [7, 11) is -4.68. The third-order valence-corrected chi connectivity index (χ3v) is 5.26. The molecular weight excluding hydrogens is 421 g/mol. The van der Waals surface area contributed by atoms with Crippen molar-refractivity contribution < 1.29 is 39.9 Å². The molecule has 0 radical (unpaired) electrons. The van der Waals surface area contributed by atoms with Gasteiger partial charge in [-0.3, -0.25) is 0 Å². The maximum atomic E-state index is 14.2. The monoisotopic (exact) mass is 433 g/mol. The molecule has 0 aliphatic carbocycles. The van der Waals surface area contributed by atoms with E-state index in [0.717, 1.165) is 18.2 Å². The number of hydrogen-bond donors (Lipinski definition) is 1. The van der Waals surface area contributed by atoms with Crippen molar-refractivity contribution in [3.63, 3.8) is 0 Å². The average molecular weight is 433 g/mol. The minimum atomic E-state index is -4.68. The molecule has 0 aromatic heterocycles. The first-order valence-corrected chi connectivity index (χ1v) is 9.46. The van der Waals surface area contributed by atoms with Crippen LogP contribution in [0.25, 0.3) is 11.1 Å². The van der Waals surface area contributed by atoms with Crippen LogP contribution in [0, 0.1) is 18.6 Å². The summed E-state index contributed by atoms with van der Waals surface area (Å²) in [5.41, 5.74) is -1.39. The summed E-state index contributed by atoms with van der Waals surface area (Å²) in [6, 6.07) is 4.26. The van der Waals surface area contributed by atoms with Gasteiger partial charge in [-0.15, -0.1) is 0 Å². The van der Waals surface area contributed by atoms with Gasteiger partial charge in [0.1, 0.15) is 18.2 Å². The second-order valence-electron chi connectivity index (χ2n) is 6.27. The second kappa shape index (κ2) is 6.92. The molecule has 154 valence electrons. The van der Waals surface area contributed by atoms with E-state index in [0.29, 0.717) is 12.1 Å². The van der Waals surface area contributed by atoms with E-state index in [1.807, 2.05) is 0 Å². The Morgan fingerprint density at radius 2 is 1.62 bits per heavy atom. The molecule has 2 aromatic rings. The van der Waals surface area contributed by atoms with Crippen LogP contribution in [0.2, 0.25) is 0 Å². The van der Waals surface area contributed by atoms with Crippen LogP contribution in [0.5, 0.6) is 0 Å². The van der Waals surface area contributed by atoms with Crippen molar-refractivity contribution in [2.75, 3.05) is 6.61 Å². The van der Waals surface area contributed by atoms with Gasteiger partial charge in [0.25, 0.3) is 0 Å². The van der Waals surface area contributed by atoms with Crippen LogP contribution in [-0.2, 0) is 25.7 Å². The molecule has 2 N–H and O–H groups in total. The minimum absolute atomic E-state index is 0.00655. The zero-order valence-electron chi connectivity index (χ0n) is 14.6. The van der Waals surface area contributed by atoms with E-state index >= 15 is 0 Å². The first-order valence-electron chi connectivity index (χ1n) is 7.91. The highest BCUT2D eigenvalue weighted by atomic mass is 32.2. The molecule has 0 saturated carbocycles. The van der Waals surface area contributed by atoms with Gasteiger partial charge in [-0.1, -0.05) is 12.1 Å². The Hall–Kier alpha value is -2.79. The lowest BCUT2D eigenvalue weighted by Gasteiger charge is -2.12. The maximum Gasteiger partial charge on any atom is 0.416 e. The molecule has 0 spiro atoms. The molecule has 0 atom stereocenters. The zero-order valence-corrected chi connectivity index (χ0v) is 15.4. The number of carbonyl (C=O) groups is 1. The number of benzene rings is 2. The topological polar surface area (TPSA) is 86.5 Å². The van der Waals surface area contributed by atoms with Crippen LogP contribution in [0.4, 0.5) is 22.0 Å². The lowest BCUT2D eigenvalue weighted by atomic mass is 9.94. The van der Waals surface area contributed by atoms with E-state index in [9.17, 15) is 35.2 Å². The zero-order chi connectivity index (χ0) is 21.7. The van der Waals surface area contributed by atoms with Crippen LogP contribution in [0.15, 0.2) is 35.2 Å². The van der Waals surface area contributed by atoms with Crippen molar-refractivity contribution in [1.82, 2.24) is 0 Å². The summed E-state index contributed by atoms with van der Waals surface area (Å²) in [5.74, 6) is -3.84. The molecule has 1 aliphatic rings. The van der Waals surface area contributed by atoms with Crippen molar-refractivity contribution in [3.8, 4) is 0 Å². The Labute approximate surface area is 161 Å². The fraction of sp³-hybridized carbons (Fsp3) is 0.167. The van der Waals surface area contributed by atoms with Crippen molar-refractivity contribution in [2.45, 2.75) is 18.0 Å². The van der Waals surface area contributed by atoms with Crippen LogP contribution in [-0.4, -0.2) is 21.0 Å². The number of primary sulfonamides is 1. The molecule has 0 bridgehead atoms. The predicted octanol–water partition coefficient (Wildman–Crippen LogP) is 3.41. The molecule has 0 unspecified atom stereocenters. The molecule has 0 fully saturated rings. The van der Waals surface area contributed by atoms with Gasteiger partial charge in [-0.25, -0.2) is 27.1 Å². The highest BCUT2D eigenvalue weighted by molar-refractivity contribution is 7.89. The summed E-state index contributed by atoms with van der Waals surface area (Å²) in [4.78, 5) is 10.8. The van der Waals surface area contributed by atoms with E-state index < -0.39 is 50.9 Å². The Kier molecular flexibility index (Phi) is 4.99. The number of esters is 1. The lowest BCUT2D eigenvalue weighted by molar-refractivity contribution is -0.138. The molecule has 5 nitrogen and oxygen atoms in total. The van der Waals surface area contributed by atoms with Gasteiger partial charge in [0.2, 0.25) is 10.0 Å². The number of aryl methyl sites for hydroxylation is 1. The predicted molar refractivity (Wildman–Crippen MR) is 91.7 cm³/mol. The summed E-state index contributed by atoms with van der Waals surface area (Å²) < 4.78 is 94.7. The van der Waals surface area contributed by atoms with E-state index in [2.05, 4.69) is 0 Å². The first-order chi connectivity index (χ1) is 13.3. The highest BCUT2D eigenvalue weighted by Crippen LogP contribution is 2.37. The SMILES string of the molecule is Cc1cc(C2=C(c3cc(F)c(S(N)(=O)=O)c(F)c3)COC2=O)ccc1C(F)(F)F. The number of alkyl halides is 3. The second-order valence-corrected chi connectivity index (χ2v) is 7.77. The van der Waals surface area contributed by atoms with E-state index in [1.54, 1.807) is 0 Å². The molecule has 0 amide bonds. The normalized spacial score (nSPS) is 15.1. The number of hydrogen-bond acceptors (Lipinski definition) is 4. The Morgan fingerprint density at radius 1 is 1.03 bits per heavy atom. The average Bonchev–Trinajstić information content (AvgIpc) is 2.93. The largest absolute Gasteiger partial charge is 0.457 e. The molecule has 1 aliphatic heterocycles. The Bertz CT molecular complexity index is 1150. The third kappa shape index (κ3) is 3.87. The van der Waals surface area contributed by atoms with Crippen LogP contribution in [0.1, 0.15) is 22.3 Å². The number of ether oxygens (including phenoxy) is 1. The van der Waals surface area contributed by atoms with Gasteiger partial charge < -0.3 is 4.74 Å². The summed E-state index contributed by atoms with van der Waals surface area (Å²) in [6.07, 6.45) is -4.59. The van der Waals surface area contributed by atoms with Crippen molar-refractivity contribution in [3.05, 3.63) is 64.2 Å². The fourth-order valence-electron chi connectivity index (χ4n) is 3.07.